The van der Waals surface area contributed by atoms with Crippen molar-refractivity contribution in [3.63, 3.8) is 0 Å². The molecule has 0 radical (unpaired) electrons. The number of aromatic nitrogens is 4. The van der Waals surface area contributed by atoms with E-state index in [1.54, 1.807) is 47.4 Å². The molecule has 2 heterocycles. The van der Waals surface area contributed by atoms with Crippen molar-refractivity contribution in [2.45, 2.75) is 23.9 Å². The molecule has 0 aliphatic heterocycles. The van der Waals surface area contributed by atoms with Crippen LogP contribution in [-0.4, -0.2) is 25.4 Å². The minimum absolute atomic E-state index is 0.0216. The van der Waals surface area contributed by atoms with Crippen LogP contribution in [0.15, 0.2) is 89.5 Å². The van der Waals surface area contributed by atoms with Crippen LogP contribution >= 0.6 is 11.8 Å². The molecule has 0 saturated carbocycles. The molecule has 4 aromatic rings. The molecule has 0 fully saturated rings. The molecule has 0 spiro atoms. The van der Waals surface area contributed by atoms with Gasteiger partial charge in [-0.05, 0) is 35.4 Å². The predicted octanol–water partition coefficient (Wildman–Crippen LogP) is 3.69. The maximum Gasteiger partial charge on any atom is 0.277 e. The van der Waals surface area contributed by atoms with E-state index in [2.05, 4.69) is 20.3 Å². The van der Waals surface area contributed by atoms with Crippen molar-refractivity contribution in [3.8, 4) is 0 Å². The van der Waals surface area contributed by atoms with Crippen LogP contribution in [0, 0.1) is 5.82 Å². The zero-order valence-electron chi connectivity index (χ0n) is 17.5. The Balaban J connectivity index is 1.58. The number of amides is 1. The number of rotatable bonds is 8. The number of halogens is 1. The average molecular weight is 462 g/mol. The topological polar surface area (TPSA) is 89.8 Å². The average Bonchev–Trinajstić information content (AvgIpc) is 2.82. The first-order valence-electron chi connectivity index (χ1n) is 10.1. The van der Waals surface area contributed by atoms with Crippen molar-refractivity contribution in [1.29, 1.82) is 0 Å². The summed E-state index contributed by atoms with van der Waals surface area (Å²) in [4.78, 5) is 37.6. The summed E-state index contributed by atoms with van der Waals surface area (Å²) in [7, 11) is 0. The minimum Gasteiger partial charge on any atom is -0.325 e. The Morgan fingerprint density at radius 3 is 2.45 bits per heavy atom. The molecular formula is C24H20FN5O2S. The van der Waals surface area contributed by atoms with Crippen molar-refractivity contribution in [1.82, 2.24) is 19.5 Å². The Kier molecular flexibility index (Phi) is 7.21. The molecule has 0 unspecified atom stereocenters. The molecule has 166 valence electrons. The molecule has 1 N–H and O–H groups in total. The van der Waals surface area contributed by atoms with Gasteiger partial charge in [0.2, 0.25) is 5.91 Å². The summed E-state index contributed by atoms with van der Waals surface area (Å²) in [5.41, 5.74) is 2.38. The summed E-state index contributed by atoms with van der Waals surface area (Å²) in [6.45, 7) is -0.0216. The second kappa shape index (κ2) is 10.6. The van der Waals surface area contributed by atoms with Crippen molar-refractivity contribution in [3.05, 3.63) is 112 Å². The van der Waals surface area contributed by atoms with Crippen LogP contribution < -0.4 is 10.9 Å². The first-order valence-corrected chi connectivity index (χ1v) is 11.1. The van der Waals surface area contributed by atoms with E-state index in [1.165, 1.54) is 30.2 Å². The predicted molar refractivity (Wildman–Crippen MR) is 124 cm³/mol. The van der Waals surface area contributed by atoms with Crippen LogP contribution in [-0.2, 0) is 23.5 Å². The highest BCUT2D eigenvalue weighted by Gasteiger charge is 2.14. The van der Waals surface area contributed by atoms with Gasteiger partial charge in [-0.15, -0.1) is 0 Å². The van der Waals surface area contributed by atoms with Gasteiger partial charge in [-0.3, -0.25) is 9.59 Å². The number of carbonyl (C=O) groups excluding carboxylic acids is 1. The van der Waals surface area contributed by atoms with E-state index < -0.39 is 0 Å². The van der Waals surface area contributed by atoms with Crippen molar-refractivity contribution < 1.29 is 9.18 Å². The zero-order chi connectivity index (χ0) is 23.0. The van der Waals surface area contributed by atoms with Gasteiger partial charge in [-0.2, -0.15) is 4.98 Å². The van der Waals surface area contributed by atoms with E-state index in [1.807, 2.05) is 18.2 Å². The fourth-order valence-electron chi connectivity index (χ4n) is 3.12. The summed E-state index contributed by atoms with van der Waals surface area (Å²) in [5.74, 6) is -0.0892. The largest absolute Gasteiger partial charge is 0.325 e. The Bertz CT molecular complexity index is 1280. The van der Waals surface area contributed by atoms with Gasteiger partial charge in [0.25, 0.3) is 5.56 Å². The molecule has 7 nitrogen and oxygen atoms in total. The molecule has 0 bridgehead atoms. The van der Waals surface area contributed by atoms with Gasteiger partial charge in [0.15, 0.2) is 5.16 Å². The van der Waals surface area contributed by atoms with Crippen LogP contribution in [0.5, 0.6) is 0 Å². The Labute approximate surface area is 193 Å². The van der Waals surface area contributed by atoms with Crippen LogP contribution in [0.25, 0.3) is 0 Å². The lowest BCUT2D eigenvalue weighted by Crippen LogP contribution is -2.25. The number of para-hydroxylation sites is 1. The number of carbonyl (C=O) groups is 1. The molecule has 1 amide bonds. The third kappa shape index (κ3) is 6.33. The van der Waals surface area contributed by atoms with Gasteiger partial charge in [0.1, 0.15) is 18.7 Å². The summed E-state index contributed by atoms with van der Waals surface area (Å²) >= 11 is 1.31. The lowest BCUT2D eigenvalue weighted by Gasteiger charge is -2.14. The lowest BCUT2D eigenvalue weighted by atomic mass is 10.1. The Morgan fingerprint density at radius 1 is 1.00 bits per heavy atom. The molecular weight excluding hydrogens is 441 g/mol. The number of hydrogen-bond acceptors (Lipinski definition) is 6. The SMILES string of the molecule is O=C(Cn1cc(Cc2cncnc2)c(=O)nc1SCc1ccc(F)cc1)Nc1ccccc1. The van der Waals surface area contributed by atoms with Crippen molar-refractivity contribution in [2.75, 3.05) is 5.32 Å². The Morgan fingerprint density at radius 2 is 1.73 bits per heavy atom. The smallest absolute Gasteiger partial charge is 0.277 e. The van der Waals surface area contributed by atoms with Gasteiger partial charge in [-0.25, -0.2) is 14.4 Å². The third-order valence-corrected chi connectivity index (χ3v) is 5.75. The standard InChI is InChI=1S/C24H20FN5O2S/c25-20-8-6-17(7-9-20)15-33-24-29-23(32)19(10-18-11-26-16-27-12-18)13-30(24)14-22(31)28-21-4-2-1-3-5-21/h1-9,11-13,16H,10,14-15H2,(H,28,31). The second-order valence-electron chi connectivity index (χ2n) is 7.23. The fourth-order valence-corrected chi connectivity index (χ4v) is 4.04. The molecule has 4 rings (SSSR count). The molecule has 0 aliphatic carbocycles. The van der Waals surface area contributed by atoms with Crippen molar-refractivity contribution in [2.24, 2.45) is 0 Å². The monoisotopic (exact) mass is 461 g/mol. The number of nitrogens with one attached hydrogen (secondary N) is 1. The van der Waals surface area contributed by atoms with Crippen molar-refractivity contribution >= 4 is 23.4 Å². The van der Waals surface area contributed by atoms with E-state index in [0.717, 1.165) is 11.1 Å². The maximum atomic E-state index is 13.2. The maximum absolute atomic E-state index is 13.2. The van der Waals surface area contributed by atoms with Gasteiger partial charge >= 0.3 is 0 Å². The van der Waals surface area contributed by atoms with Crippen LogP contribution in [0.1, 0.15) is 16.7 Å². The van der Waals surface area contributed by atoms with E-state index in [-0.39, 0.29) is 23.8 Å². The highest BCUT2D eigenvalue weighted by molar-refractivity contribution is 7.98. The van der Waals surface area contributed by atoms with Crippen LogP contribution in [0.2, 0.25) is 0 Å². The number of thioether (sulfide) groups is 1. The normalized spacial score (nSPS) is 10.7. The quantitative estimate of drug-likeness (QED) is 0.318. The van der Waals surface area contributed by atoms with E-state index in [4.69, 9.17) is 0 Å². The van der Waals surface area contributed by atoms with E-state index in [9.17, 15) is 14.0 Å². The van der Waals surface area contributed by atoms with Gasteiger partial charge in [0, 0.05) is 42.0 Å². The highest BCUT2D eigenvalue weighted by atomic mass is 32.2. The summed E-state index contributed by atoms with van der Waals surface area (Å²) < 4.78 is 14.9. The molecule has 0 atom stereocenters. The molecule has 2 aromatic heterocycles. The summed E-state index contributed by atoms with van der Waals surface area (Å²) in [5, 5.41) is 3.25. The molecule has 9 heteroatoms. The number of anilines is 1. The van der Waals surface area contributed by atoms with Crippen LogP contribution in [0.4, 0.5) is 10.1 Å². The minimum atomic E-state index is -0.375. The molecule has 0 saturated heterocycles. The number of benzene rings is 2. The lowest BCUT2D eigenvalue weighted by molar-refractivity contribution is -0.116. The molecule has 0 aliphatic rings. The first kappa shape index (κ1) is 22.3. The number of nitrogens with zero attached hydrogens (tertiary/aromatic N) is 4. The summed E-state index contributed by atoms with van der Waals surface area (Å²) in [6.07, 6.45) is 6.64. The Hall–Kier alpha value is -3.85. The first-order chi connectivity index (χ1) is 16.1. The van der Waals surface area contributed by atoms with Crippen LogP contribution in [0.3, 0.4) is 0 Å². The molecule has 2 aromatic carbocycles. The zero-order valence-corrected chi connectivity index (χ0v) is 18.3. The second-order valence-corrected chi connectivity index (χ2v) is 8.18. The van der Waals surface area contributed by atoms with E-state index >= 15 is 0 Å². The van der Waals surface area contributed by atoms with E-state index in [0.29, 0.717) is 28.6 Å². The van der Waals surface area contributed by atoms with Gasteiger partial charge in [0.05, 0.1) is 0 Å². The van der Waals surface area contributed by atoms with Gasteiger partial charge < -0.3 is 9.88 Å². The summed E-state index contributed by atoms with van der Waals surface area (Å²) in [6, 6.07) is 15.3. The molecule has 33 heavy (non-hydrogen) atoms. The fraction of sp³-hybridized carbons (Fsp3) is 0.125. The number of hydrogen-bond donors (Lipinski definition) is 1. The highest BCUT2D eigenvalue weighted by Crippen LogP contribution is 2.21. The third-order valence-electron chi connectivity index (χ3n) is 4.69. The van der Waals surface area contributed by atoms with Gasteiger partial charge in [-0.1, -0.05) is 42.1 Å².